The summed E-state index contributed by atoms with van der Waals surface area (Å²) >= 11 is 11.8. The Morgan fingerprint density at radius 3 is 2.59 bits per heavy atom. The fraction of sp³-hybridized carbons (Fsp3) is 0. The van der Waals surface area contributed by atoms with Gasteiger partial charge in [-0.25, -0.2) is 4.39 Å². The van der Waals surface area contributed by atoms with E-state index in [4.69, 9.17) is 33.7 Å². The van der Waals surface area contributed by atoms with Crippen LogP contribution in [0.3, 0.4) is 0 Å². The van der Waals surface area contributed by atoms with Crippen LogP contribution in [0.25, 0.3) is 0 Å². The molecule has 5 heteroatoms. The Bertz CT molecular complexity index is 560. The van der Waals surface area contributed by atoms with E-state index in [0.29, 0.717) is 16.5 Å². The van der Waals surface area contributed by atoms with Crippen LogP contribution in [0.4, 0.5) is 10.1 Å². The number of nitrogens with two attached hydrogens (primary N) is 1. The molecule has 0 fully saturated rings. The maximum Gasteiger partial charge on any atom is 0.153 e. The number of nitrogen functional groups attached to an aromatic ring is 1. The molecule has 0 spiro atoms. The van der Waals surface area contributed by atoms with E-state index in [0.717, 1.165) is 0 Å². The summed E-state index contributed by atoms with van der Waals surface area (Å²) in [6.45, 7) is 0. The normalized spacial score (nSPS) is 10.3. The third-order valence-electron chi connectivity index (χ3n) is 2.11. The molecule has 0 saturated carbocycles. The molecule has 0 radical (unpaired) electrons. The number of hydrogen-bond acceptors (Lipinski definition) is 2. The summed E-state index contributed by atoms with van der Waals surface area (Å²) < 4.78 is 18.5. The molecule has 0 saturated heterocycles. The fourth-order valence-electron chi connectivity index (χ4n) is 1.28. The van der Waals surface area contributed by atoms with Gasteiger partial charge >= 0.3 is 0 Å². The second kappa shape index (κ2) is 4.82. The Labute approximate surface area is 108 Å². The van der Waals surface area contributed by atoms with E-state index in [9.17, 15) is 4.39 Å². The van der Waals surface area contributed by atoms with Crippen molar-refractivity contribution in [3.05, 3.63) is 52.3 Å². The molecule has 2 nitrogen and oxygen atoms in total. The number of hydrogen-bond donors (Lipinski definition) is 1. The van der Waals surface area contributed by atoms with Gasteiger partial charge in [-0.2, -0.15) is 0 Å². The Hall–Kier alpha value is -1.45. The van der Waals surface area contributed by atoms with Crippen LogP contribution in [-0.2, 0) is 0 Å². The van der Waals surface area contributed by atoms with E-state index in [1.165, 1.54) is 18.2 Å². The Balaban J connectivity index is 2.38. The van der Waals surface area contributed by atoms with Gasteiger partial charge in [0.15, 0.2) is 5.75 Å². The number of benzene rings is 2. The largest absolute Gasteiger partial charge is 0.453 e. The van der Waals surface area contributed by atoms with Gasteiger partial charge < -0.3 is 10.5 Å². The van der Waals surface area contributed by atoms with E-state index < -0.39 is 5.82 Å². The van der Waals surface area contributed by atoms with Gasteiger partial charge in [0.1, 0.15) is 16.6 Å². The van der Waals surface area contributed by atoms with Crippen molar-refractivity contribution in [1.82, 2.24) is 0 Å². The van der Waals surface area contributed by atoms with Crippen LogP contribution in [0.1, 0.15) is 0 Å². The minimum Gasteiger partial charge on any atom is -0.453 e. The summed E-state index contributed by atoms with van der Waals surface area (Å²) in [5.74, 6) is 0.0954. The van der Waals surface area contributed by atoms with Gasteiger partial charge in [0.25, 0.3) is 0 Å². The van der Waals surface area contributed by atoms with Gasteiger partial charge in [-0.1, -0.05) is 29.3 Å². The molecular formula is C12H8Cl2FNO. The molecule has 0 unspecified atom stereocenters. The lowest BCUT2D eigenvalue weighted by atomic mass is 10.3. The first-order chi connectivity index (χ1) is 8.08. The zero-order chi connectivity index (χ0) is 12.4. The first-order valence-corrected chi connectivity index (χ1v) is 5.50. The molecular weight excluding hydrogens is 264 g/mol. The van der Waals surface area contributed by atoms with Crippen molar-refractivity contribution in [2.45, 2.75) is 0 Å². The van der Waals surface area contributed by atoms with Crippen LogP contribution in [0.2, 0.25) is 10.0 Å². The Morgan fingerprint density at radius 2 is 1.82 bits per heavy atom. The van der Waals surface area contributed by atoms with Crippen LogP contribution >= 0.6 is 23.2 Å². The Morgan fingerprint density at radius 1 is 1.06 bits per heavy atom. The maximum atomic E-state index is 13.0. The average molecular weight is 272 g/mol. The van der Waals surface area contributed by atoms with Crippen molar-refractivity contribution in [1.29, 1.82) is 0 Å². The summed E-state index contributed by atoms with van der Waals surface area (Å²) in [6, 6.07) is 8.79. The fourth-order valence-corrected chi connectivity index (χ4v) is 1.61. The predicted octanol–water partition coefficient (Wildman–Crippen LogP) is 4.51. The minimum absolute atomic E-state index is 0.203. The Kier molecular flexibility index (Phi) is 3.41. The number of anilines is 1. The van der Waals surface area contributed by atoms with Crippen molar-refractivity contribution in [3.63, 3.8) is 0 Å². The van der Waals surface area contributed by atoms with Crippen LogP contribution in [-0.4, -0.2) is 0 Å². The molecule has 2 rings (SSSR count). The quantitative estimate of drug-likeness (QED) is 0.816. The zero-order valence-corrected chi connectivity index (χ0v) is 10.1. The molecule has 0 amide bonds. The molecule has 0 heterocycles. The maximum absolute atomic E-state index is 13.0. The molecule has 0 aliphatic carbocycles. The molecule has 0 atom stereocenters. The van der Waals surface area contributed by atoms with Gasteiger partial charge in [0, 0.05) is 6.07 Å². The molecule has 2 N–H and O–H groups in total. The van der Waals surface area contributed by atoms with Gasteiger partial charge in [-0.15, -0.1) is 0 Å². The summed E-state index contributed by atoms with van der Waals surface area (Å²) in [5, 5.41) is 0.622. The number of ether oxygens (including phenoxy) is 1. The topological polar surface area (TPSA) is 35.2 Å². The highest BCUT2D eigenvalue weighted by molar-refractivity contribution is 6.42. The third kappa shape index (κ3) is 2.62. The average Bonchev–Trinajstić information content (AvgIpc) is 2.30. The molecule has 2 aromatic rings. The van der Waals surface area contributed by atoms with Crippen LogP contribution in [0.15, 0.2) is 36.4 Å². The summed E-state index contributed by atoms with van der Waals surface area (Å²) in [4.78, 5) is 0. The smallest absolute Gasteiger partial charge is 0.153 e. The van der Waals surface area contributed by atoms with Gasteiger partial charge in [0.2, 0.25) is 0 Å². The van der Waals surface area contributed by atoms with Crippen LogP contribution in [0.5, 0.6) is 11.5 Å². The second-order valence-corrected chi connectivity index (χ2v) is 4.12. The highest BCUT2D eigenvalue weighted by atomic mass is 35.5. The van der Waals surface area contributed by atoms with Gasteiger partial charge in [0.05, 0.1) is 10.7 Å². The van der Waals surface area contributed by atoms with Crippen molar-refractivity contribution in [2.24, 2.45) is 0 Å². The number of halogens is 3. The van der Waals surface area contributed by atoms with Gasteiger partial charge in [-0.3, -0.25) is 0 Å². The molecule has 0 aliphatic heterocycles. The summed E-state index contributed by atoms with van der Waals surface area (Å²) in [7, 11) is 0. The standard InChI is InChI=1S/C12H8Cl2FNO/c13-8-2-1-3-10(12(8)14)17-11-6-7(15)4-5-9(11)16/h1-6H,16H2. The van der Waals surface area contributed by atoms with Crippen molar-refractivity contribution in [3.8, 4) is 11.5 Å². The SMILES string of the molecule is Nc1ccc(F)cc1Oc1cccc(Cl)c1Cl. The van der Waals surface area contributed by atoms with E-state index in [-0.39, 0.29) is 10.8 Å². The van der Waals surface area contributed by atoms with Crippen LogP contribution < -0.4 is 10.5 Å². The highest BCUT2D eigenvalue weighted by Crippen LogP contribution is 2.36. The first-order valence-electron chi connectivity index (χ1n) is 4.75. The monoisotopic (exact) mass is 271 g/mol. The lowest BCUT2D eigenvalue weighted by Gasteiger charge is -2.10. The van der Waals surface area contributed by atoms with Crippen molar-refractivity contribution >= 4 is 28.9 Å². The molecule has 2 aromatic carbocycles. The first kappa shape index (κ1) is 12.0. The van der Waals surface area contributed by atoms with Crippen molar-refractivity contribution in [2.75, 3.05) is 5.73 Å². The lowest BCUT2D eigenvalue weighted by molar-refractivity contribution is 0.479. The van der Waals surface area contributed by atoms with E-state index in [2.05, 4.69) is 0 Å². The van der Waals surface area contributed by atoms with E-state index in [1.54, 1.807) is 18.2 Å². The summed E-state index contributed by atoms with van der Waals surface area (Å²) in [6.07, 6.45) is 0. The lowest BCUT2D eigenvalue weighted by Crippen LogP contribution is -1.93. The van der Waals surface area contributed by atoms with E-state index in [1.807, 2.05) is 0 Å². The van der Waals surface area contributed by atoms with Crippen LogP contribution in [0, 0.1) is 5.82 Å². The minimum atomic E-state index is -0.438. The van der Waals surface area contributed by atoms with Gasteiger partial charge in [-0.05, 0) is 24.3 Å². The zero-order valence-electron chi connectivity index (χ0n) is 8.58. The second-order valence-electron chi connectivity index (χ2n) is 3.34. The molecule has 0 aromatic heterocycles. The number of rotatable bonds is 2. The molecule has 0 bridgehead atoms. The third-order valence-corrected chi connectivity index (χ3v) is 2.91. The molecule has 88 valence electrons. The predicted molar refractivity (Wildman–Crippen MR) is 67.3 cm³/mol. The summed E-state index contributed by atoms with van der Waals surface area (Å²) in [5.41, 5.74) is 5.98. The highest BCUT2D eigenvalue weighted by Gasteiger charge is 2.09. The van der Waals surface area contributed by atoms with Crippen molar-refractivity contribution < 1.29 is 9.13 Å². The molecule has 0 aliphatic rings. The molecule has 17 heavy (non-hydrogen) atoms. The van der Waals surface area contributed by atoms with E-state index >= 15 is 0 Å².